The van der Waals surface area contributed by atoms with Crippen LogP contribution in [0.4, 0.5) is 9.18 Å². The highest BCUT2D eigenvalue weighted by Gasteiger charge is 2.53. The van der Waals surface area contributed by atoms with Crippen molar-refractivity contribution in [3.05, 3.63) is 76.7 Å². The predicted molar refractivity (Wildman–Crippen MR) is 132 cm³/mol. The summed E-state index contributed by atoms with van der Waals surface area (Å²) in [5, 5.41) is 7.96. The van der Waals surface area contributed by atoms with Crippen molar-refractivity contribution in [3.63, 3.8) is 0 Å². The maximum Gasteiger partial charge on any atom is 0.416 e. The number of hydrogen-bond donors (Lipinski definition) is 1. The van der Waals surface area contributed by atoms with Crippen LogP contribution in [0.25, 0.3) is 0 Å². The summed E-state index contributed by atoms with van der Waals surface area (Å²) in [4.78, 5) is 14.6. The molecule has 0 radical (unpaired) electrons. The quantitative estimate of drug-likeness (QED) is 0.485. The summed E-state index contributed by atoms with van der Waals surface area (Å²) in [7, 11) is -1.16. The van der Waals surface area contributed by atoms with E-state index in [9.17, 15) is 9.00 Å². The summed E-state index contributed by atoms with van der Waals surface area (Å²) in [6.45, 7) is 2.26. The third-order valence-electron chi connectivity index (χ3n) is 6.31. The maximum absolute atomic E-state index is 15.4. The molecule has 11 heteroatoms. The first-order valence-electron chi connectivity index (χ1n) is 11.2. The van der Waals surface area contributed by atoms with Crippen molar-refractivity contribution in [2.75, 3.05) is 20.3 Å². The Morgan fingerprint density at radius 1 is 1.19 bits per heavy atom. The van der Waals surface area contributed by atoms with E-state index in [0.29, 0.717) is 17.4 Å². The second-order valence-corrected chi connectivity index (χ2v) is 11.1. The standard InChI is InChI=1S/C25H25FN4O5S/c1-16-7-10-22(29-28-16)34-19-8-9-20-21(11-19)35-24(31)30(25(20)14-33-15-25)12-17-5-4-6-18(23(17)26)13-36(3,32)27-2/h4-11H,3,12-15H2,1-2H3,(H,27,32). The van der Waals surface area contributed by atoms with Crippen LogP contribution in [0.15, 0.2) is 48.5 Å². The molecule has 1 N–H and O–H groups in total. The molecule has 1 saturated heterocycles. The lowest BCUT2D eigenvalue weighted by molar-refractivity contribution is -0.143. The molecule has 2 aromatic carbocycles. The molecule has 0 bridgehead atoms. The van der Waals surface area contributed by atoms with E-state index in [2.05, 4.69) is 20.8 Å². The Bertz CT molecular complexity index is 1420. The first-order chi connectivity index (χ1) is 17.2. The Hall–Kier alpha value is -3.54. The normalized spacial score (nSPS) is 17.6. The van der Waals surface area contributed by atoms with Crippen LogP contribution < -0.4 is 14.2 Å². The smallest absolute Gasteiger partial charge is 0.416 e. The van der Waals surface area contributed by atoms with Gasteiger partial charge in [0.15, 0.2) is 0 Å². The van der Waals surface area contributed by atoms with Gasteiger partial charge in [-0.15, -0.1) is 5.10 Å². The van der Waals surface area contributed by atoms with Gasteiger partial charge in [-0.25, -0.2) is 13.9 Å². The van der Waals surface area contributed by atoms with Crippen LogP contribution in [0.3, 0.4) is 0 Å². The van der Waals surface area contributed by atoms with E-state index in [4.69, 9.17) is 14.2 Å². The number of halogens is 1. The lowest BCUT2D eigenvalue weighted by Crippen LogP contribution is -2.63. The molecule has 36 heavy (non-hydrogen) atoms. The molecule has 1 unspecified atom stereocenters. The zero-order valence-corrected chi connectivity index (χ0v) is 20.6. The van der Waals surface area contributed by atoms with Crippen LogP contribution in [-0.2, 0) is 32.3 Å². The highest BCUT2D eigenvalue weighted by molar-refractivity contribution is 7.97. The number of carbonyl (C=O) groups is 1. The zero-order valence-electron chi connectivity index (χ0n) is 19.8. The summed E-state index contributed by atoms with van der Waals surface area (Å²) in [5.41, 5.74) is 1.23. The van der Waals surface area contributed by atoms with Crippen LogP contribution >= 0.6 is 0 Å². The van der Waals surface area contributed by atoms with Gasteiger partial charge in [-0.2, -0.15) is 5.10 Å². The molecule has 1 spiro atoms. The largest absolute Gasteiger partial charge is 0.437 e. The van der Waals surface area contributed by atoms with Gasteiger partial charge in [-0.1, -0.05) is 18.2 Å². The van der Waals surface area contributed by atoms with Crippen molar-refractivity contribution in [2.45, 2.75) is 24.8 Å². The Balaban J connectivity index is 1.43. The number of nitrogens with zero attached hydrogens (tertiary/aromatic N) is 3. The van der Waals surface area contributed by atoms with Crippen molar-refractivity contribution in [1.29, 1.82) is 0 Å². The molecule has 1 amide bonds. The SMILES string of the molecule is C=S(=O)(Cc1cccc(CN2C(=O)Oc3cc(Oc4ccc(C)nn4)ccc3C23COC3)c1F)NC. The molecular weight excluding hydrogens is 487 g/mol. The minimum Gasteiger partial charge on any atom is -0.437 e. The minimum atomic E-state index is -2.68. The minimum absolute atomic E-state index is 0.0452. The second kappa shape index (κ2) is 9.16. The number of aromatic nitrogens is 2. The number of hydrogen-bond acceptors (Lipinski definition) is 7. The highest BCUT2D eigenvalue weighted by atomic mass is 32.2. The fourth-order valence-corrected chi connectivity index (χ4v) is 5.12. The molecule has 3 aromatic rings. The Labute approximate surface area is 208 Å². The van der Waals surface area contributed by atoms with E-state index in [1.165, 1.54) is 11.9 Å². The van der Waals surface area contributed by atoms with Gasteiger partial charge in [0.05, 0.1) is 31.2 Å². The van der Waals surface area contributed by atoms with Gasteiger partial charge in [0.1, 0.15) is 22.9 Å². The Kier molecular flexibility index (Phi) is 6.15. The molecular formula is C25H25FN4O5S. The first kappa shape index (κ1) is 24.2. The Morgan fingerprint density at radius 2 is 1.97 bits per heavy atom. The highest BCUT2D eigenvalue weighted by Crippen LogP contribution is 2.47. The van der Waals surface area contributed by atoms with E-state index in [1.54, 1.807) is 42.5 Å². The number of aryl methyl sites for hydroxylation is 1. The van der Waals surface area contributed by atoms with Gasteiger partial charge >= 0.3 is 6.09 Å². The molecule has 0 saturated carbocycles. The topological polar surface area (TPSA) is 103 Å². The molecule has 1 aromatic heterocycles. The van der Waals surface area contributed by atoms with Gasteiger partial charge in [-0.05, 0) is 38.0 Å². The molecule has 2 aliphatic heterocycles. The second-order valence-electron chi connectivity index (χ2n) is 8.80. The molecule has 2 aliphatic rings. The summed E-state index contributed by atoms with van der Waals surface area (Å²) < 4.78 is 47.3. The summed E-state index contributed by atoms with van der Waals surface area (Å²) >= 11 is 0. The van der Waals surface area contributed by atoms with Crippen LogP contribution in [0.1, 0.15) is 22.4 Å². The number of nitrogens with one attached hydrogen (secondary N) is 1. The molecule has 9 nitrogen and oxygen atoms in total. The van der Waals surface area contributed by atoms with E-state index in [1.807, 2.05) is 13.0 Å². The molecule has 188 valence electrons. The summed E-state index contributed by atoms with van der Waals surface area (Å²) in [5.74, 6) is 4.11. The molecule has 0 aliphatic carbocycles. The van der Waals surface area contributed by atoms with Crippen molar-refractivity contribution in [2.24, 2.45) is 0 Å². The van der Waals surface area contributed by atoms with Crippen molar-refractivity contribution in [3.8, 4) is 17.4 Å². The zero-order chi connectivity index (χ0) is 25.5. The van der Waals surface area contributed by atoms with Crippen LogP contribution in [0.5, 0.6) is 17.4 Å². The molecule has 1 fully saturated rings. The van der Waals surface area contributed by atoms with Gasteiger partial charge in [0.2, 0.25) is 5.88 Å². The van der Waals surface area contributed by atoms with Crippen LogP contribution in [0.2, 0.25) is 0 Å². The third-order valence-corrected chi connectivity index (χ3v) is 7.84. The fraction of sp³-hybridized carbons (Fsp3) is 0.280. The first-order valence-corrected chi connectivity index (χ1v) is 13.1. The summed E-state index contributed by atoms with van der Waals surface area (Å²) in [6.07, 6.45) is -0.626. The van der Waals surface area contributed by atoms with Gasteiger partial charge < -0.3 is 14.2 Å². The summed E-state index contributed by atoms with van der Waals surface area (Å²) in [6, 6.07) is 13.5. The number of rotatable bonds is 7. The number of carbonyl (C=O) groups excluding carboxylic acids is 1. The van der Waals surface area contributed by atoms with Crippen molar-refractivity contribution < 1.29 is 27.6 Å². The number of ether oxygens (including phenoxy) is 3. The molecule has 1 atom stereocenters. The average molecular weight is 513 g/mol. The molecule has 3 heterocycles. The van der Waals surface area contributed by atoms with Crippen LogP contribution in [-0.4, -0.2) is 51.5 Å². The van der Waals surface area contributed by atoms with E-state index in [-0.39, 0.29) is 36.6 Å². The van der Waals surface area contributed by atoms with Gasteiger partial charge in [0, 0.05) is 38.5 Å². The lowest BCUT2D eigenvalue weighted by Gasteiger charge is -2.51. The predicted octanol–water partition coefficient (Wildman–Crippen LogP) is 3.31. The van der Waals surface area contributed by atoms with Crippen molar-refractivity contribution in [1.82, 2.24) is 19.8 Å². The lowest BCUT2D eigenvalue weighted by atomic mass is 9.84. The van der Waals surface area contributed by atoms with E-state index in [0.717, 1.165) is 11.3 Å². The van der Waals surface area contributed by atoms with Gasteiger partial charge in [0.25, 0.3) is 0 Å². The number of fused-ring (bicyclic) bond motifs is 2. The van der Waals surface area contributed by atoms with Crippen LogP contribution in [0, 0.1) is 12.7 Å². The van der Waals surface area contributed by atoms with E-state index >= 15 is 4.39 Å². The third kappa shape index (κ3) is 4.41. The monoisotopic (exact) mass is 512 g/mol. The fourth-order valence-electron chi connectivity index (χ4n) is 4.25. The number of benzene rings is 2. The van der Waals surface area contributed by atoms with Crippen molar-refractivity contribution >= 4 is 21.7 Å². The van der Waals surface area contributed by atoms with E-state index < -0.39 is 27.2 Å². The van der Waals surface area contributed by atoms with Gasteiger partial charge in [-0.3, -0.25) is 9.11 Å². The molecule has 5 rings (SSSR count). The number of amides is 1. The maximum atomic E-state index is 15.4. The average Bonchev–Trinajstić information content (AvgIpc) is 2.82. The Morgan fingerprint density at radius 3 is 2.64 bits per heavy atom.